The van der Waals surface area contributed by atoms with E-state index >= 15 is 0 Å². The van der Waals surface area contributed by atoms with E-state index in [1.54, 1.807) is 7.11 Å². The van der Waals surface area contributed by atoms with Crippen LogP contribution in [0.4, 0.5) is 0 Å². The van der Waals surface area contributed by atoms with Crippen molar-refractivity contribution in [2.24, 2.45) is 5.73 Å². The van der Waals surface area contributed by atoms with Gasteiger partial charge in [-0.2, -0.15) is 0 Å². The Labute approximate surface area is 74.4 Å². The Morgan fingerprint density at radius 3 is 2.00 bits per heavy atom. The van der Waals surface area contributed by atoms with Gasteiger partial charge in [0, 0.05) is 13.7 Å². The van der Waals surface area contributed by atoms with Gasteiger partial charge in [-0.3, -0.25) is 0 Å². The van der Waals surface area contributed by atoms with E-state index in [0.29, 0.717) is 13.2 Å². The molecule has 0 atom stereocenters. The molecule has 68 valence electrons. The summed E-state index contributed by atoms with van der Waals surface area (Å²) in [7, 11) is 1.63. The van der Waals surface area contributed by atoms with Crippen molar-refractivity contribution in [3.8, 4) is 0 Å². The van der Waals surface area contributed by atoms with Crippen molar-refractivity contribution in [2.75, 3.05) is 20.3 Å². The molecule has 1 rings (SSSR count). The van der Waals surface area contributed by atoms with Gasteiger partial charge in [0.05, 0.1) is 6.61 Å². The number of nitrogens with two attached hydrogens (primary N) is 1. The summed E-state index contributed by atoms with van der Waals surface area (Å²) >= 11 is 0. The van der Waals surface area contributed by atoms with Crippen LogP contribution in [-0.2, 0) is 4.74 Å². The Bertz CT molecular complexity index is 172. The number of hydrogen-bond acceptors (Lipinski definition) is 2. The Balaban J connectivity index is 0.000000217. The minimum Gasteiger partial charge on any atom is -0.383 e. The third-order valence-corrected chi connectivity index (χ3v) is 1.26. The number of methoxy groups -OCH3 is 1. The SMILES string of the molecule is COCCN.Cc1ccccc1. The highest BCUT2D eigenvalue weighted by atomic mass is 16.5. The maximum Gasteiger partial charge on any atom is 0.0584 e. The van der Waals surface area contributed by atoms with Crippen LogP contribution in [0.25, 0.3) is 0 Å². The monoisotopic (exact) mass is 167 g/mol. The summed E-state index contributed by atoms with van der Waals surface area (Å²) in [6, 6.07) is 10.3. The number of rotatable bonds is 2. The van der Waals surface area contributed by atoms with Gasteiger partial charge in [0.15, 0.2) is 0 Å². The molecule has 2 heteroatoms. The van der Waals surface area contributed by atoms with Gasteiger partial charge < -0.3 is 10.5 Å². The fraction of sp³-hybridized carbons (Fsp3) is 0.400. The van der Waals surface area contributed by atoms with Crippen LogP contribution in [-0.4, -0.2) is 20.3 Å². The summed E-state index contributed by atoms with van der Waals surface area (Å²) in [6.07, 6.45) is 0. The zero-order valence-electron chi connectivity index (χ0n) is 7.79. The molecule has 0 aliphatic carbocycles. The summed E-state index contributed by atoms with van der Waals surface area (Å²) in [5.74, 6) is 0. The van der Waals surface area contributed by atoms with E-state index in [-0.39, 0.29) is 0 Å². The van der Waals surface area contributed by atoms with E-state index in [1.807, 2.05) is 18.2 Å². The van der Waals surface area contributed by atoms with Crippen LogP contribution in [0.2, 0.25) is 0 Å². The van der Waals surface area contributed by atoms with Gasteiger partial charge in [-0.05, 0) is 6.92 Å². The number of hydrogen-bond donors (Lipinski definition) is 1. The normalized spacial score (nSPS) is 8.58. The lowest BCUT2D eigenvalue weighted by atomic mass is 10.2. The van der Waals surface area contributed by atoms with Crippen LogP contribution >= 0.6 is 0 Å². The van der Waals surface area contributed by atoms with Crippen molar-refractivity contribution in [3.63, 3.8) is 0 Å². The van der Waals surface area contributed by atoms with Crippen LogP contribution in [0.5, 0.6) is 0 Å². The van der Waals surface area contributed by atoms with Crippen LogP contribution in [0.15, 0.2) is 30.3 Å². The zero-order valence-corrected chi connectivity index (χ0v) is 7.79. The van der Waals surface area contributed by atoms with Gasteiger partial charge in [-0.1, -0.05) is 35.9 Å². The fourth-order valence-electron chi connectivity index (χ4n) is 0.652. The summed E-state index contributed by atoms with van der Waals surface area (Å²) in [6.45, 7) is 3.37. The zero-order chi connectivity index (χ0) is 9.23. The molecule has 0 aromatic heterocycles. The first kappa shape index (κ1) is 11.1. The molecule has 0 fully saturated rings. The molecule has 0 aliphatic rings. The van der Waals surface area contributed by atoms with E-state index in [1.165, 1.54) is 5.56 Å². The molecular formula is C10H17NO. The first-order valence-corrected chi connectivity index (χ1v) is 4.02. The predicted octanol–water partition coefficient (Wildman–Crippen LogP) is 1.59. The quantitative estimate of drug-likeness (QED) is 0.726. The first-order chi connectivity index (χ1) is 5.81. The third kappa shape index (κ3) is 7.25. The molecule has 2 nitrogen and oxygen atoms in total. The highest BCUT2D eigenvalue weighted by molar-refractivity contribution is 5.11. The average Bonchev–Trinajstić information content (AvgIpc) is 2.08. The van der Waals surface area contributed by atoms with Crippen LogP contribution < -0.4 is 5.73 Å². The van der Waals surface area contributed by atoms with Crippen LogP contribution in [0, 0.1) is 6.92 Å². The van der Waals surface area contributed by atoms with Crippen LogP contribution in [0.1, 0.15) is 5.56 Å². The molecular weight excluding hydrogens is 150 g/mol. The Hall–Kier alpha value is -0.860. The molecule has 0 amide bonds. The molecule has 0 spiro atoms. The van der Waals surface area contributed by atoms with Gasteiger partial charge in [0.25, 0.3) is 0 Å². The smallest absolute Gasteiger partial charge is 0.0584 e. The number of aryl methyl sites for hydroxylation is 1. The molecule has 12 heavy (non-hydrogen) atoms. The van der Waals surface area contributed by atoms with Crippen molar-refractivity contribution in [2.45, 2.75) is 6.92 Å². The molecule has 0 bridgehead atoms. The van der Waals surface area contributed by atoms with Gasteiger partial charge in [0.2, 0.25) is 0 Å². The molecule has 2 N–H and O–H groups in total. The van der Waals surface area contributed by atoms with Crippen molar-refractivity contribution in [1.29, 1.82) is 0 Å². The second-order valence-corrected chi connectivity index (χ2v) is 2.44. The minimum atomic E-state index is 0.622. The van der Waals surface area contributed by atoms with Crippen molar-refractivity contribution in [3.05, 3.63) is 35.9 Å². The third-order valence-electron chi connectivity index (χ3n) is 1.26. The maximum atomic E-state index is 5.01. The predicted molar refractivity (Wildman–Crippen MR) is 52.1 cm³/mol. The second kappa shape index (κ2) is 8.24. The largest absolute Gasteiger partial charge is 0.383 e. The van der Waals surface area contributed by atoms with E-state index in [4.69, 9.17) is 5.73 Å². The van der Waals surface area contributed by atoms with Crippen molar-refractivity contribution in [1.82, 2.24) is 0 Å². The average molecular weight is 167 g/mol. The topological polar surface area (TPSA) is 35.2 Å². The molecule has 1 aromatic carbocycles. The standard InChI is InChI=1S/C7H8.C3H9NO/c1-7-5-3-2-4-6-7;1-5-3-2-4/h2-6H,1H3;2-4H2,1H3. The van der Waals surface area contributed by atoms with Gasteiger partial charge in [-0.25, -0.2) is 0 Å². The lowest BCUT2D eigenvalue weighted by Gasteiger charge is -1.85. The summed E-state index contributed by atoms with van der Waals surface area (Å²) in [4.78, 5) is 0. The van der Waals surface area contributed by atoms with Gasteiger partial charge in [0.1, 0.15) is 0 Å². The van der Waals surface area contributed by atoms with E-state index in [9.17, 15) is 0 Å². The molecule has 0 radical (unpaired) electrons. The van der Waals surface area contributed by atoms with Crippen molar-refractivity contribution >= 4 is 0 Å². The lowest BCUT2D eigenvalue weighted by Crippen LogP contribution is -2.05. The Morgan fingerprint density at radius 1 is 1.25 bits per heavy atom. The minimum absolute atomic E-state index is 0.622. The molecule has 0 saturated carbocycles. The molecule has 0 saturated heterocycles. The van der Waals surface area contributed by atoms with Crippen LogP contribution in [0.3, 0.4) is 0 Å². The second-order valence-electron chi connectivity index (χ2n) is 2.44. The lowest BCUT2D eigenvalue weighted by molar-refractivity contribution is 0.207. The van der Waals surface area contributed by atoms with E-state index in [2.05, 4.69) is 23.8 Å². The van der Waals surface area contributed by atoms with Gasteiger partial charge in [-0.15, -0.1) is 0 Å². The van der Waals surface area contributed by atoms with Crippen molar-refractivity contribution < 1.29 is 4.74 Å². The summed E-state index contributed by atoms with van der Waals surface area (Å²) in [5.41, 5.74) is 6.34. The van der Waals surface area contributed by atoms with E-state index in [0.717, 1.165) is 0 Å². The highest BCUT2D eigenvalue weighted by Crippen LogP contribution is 1.92. The fourth-order valence-corrected chi connectivity index (χ4v) is 0.652. The summed E-state index contributed by atoms with van der Waals surface area (Å²) < 4.78 is 4.57. The summed E-state index contributed by atoms with van der Waals surface area (Å²) in [5, 5.41) is 0. The van der Waals surface area contributed by atoms with E-state index < -0.39 is 0 Å². The number of ether oxygens (including phenoxy) is 1. The first-order valence-electron chi connectivity index (χ1n) is 4.02. The maximum absolute atomic E-state index is 5.01. The molecule has 0 heterocycles. The van der Waals surface area contributed by atoms with Gasteiger partial charge >= 0.3 is 0 Å². The molecule has 0 unspecified atom stereocenters. The Morgan fingerprint density at radius 2 is 1.83 bits per heavy atom. The molecule has 0 aliphatic heterocycles. The molecule has 1 aromatic rings. The number of benzene rings is 1. The highest BCUT2D eigenvalue weighted by Gasteiger charge is 1.72. The Kier molecular flexibility index (Phi) is 7.65.